The van der Waals surface area contributed by atoms with E-state index in [1.54, 1.807) is 22.9 Å². The fraction of sp³-hybridized carbons (Fsp3) is 0.318. The highest BCUT2D eigenvalue weighted by atomic mass is 16.7. The summed E-state index contributed by atoms with van der Waals surface area (Å²) in [4.78, 5) is 22.6. The molecule has 160 valence electrons. The first-order chi connectivity index (χ1) is 14.9. The van der Waals surface area contributed by atoms with Crippen LogP contribution in [0.4, 0.5) is 0 Å². The number of hydroxylamine groups is 2. The molecular weight excluding hydrogens is 394 g/mol. The zero-order chi connectivity index (χ0) is 22.0. The normalized spacial score (nSPS) is 13.9. The molecule has 9 heteroatoms. The number of amides is 1. The molecule has 0 aliphatic carbocycles. The predicted molar refractivity (Wildman–Crippen MR) is 117 cm³/mol. The summed E-state index contributed by atoms with van der Waals surface area (Å²) in [6.45, 7) is 6.77. The molecule has 9 nitrogen and oxygen atoms in total. The Morgan fingerprint density at radius 1 is 1.16 bits per heavy atom. The molecule has 0 saturated heterocycles. The fourth-order valence-corrected chi connectivity index (χ4v) is 3.28. The lowest BCUT2D eigenvalue weighted by atomic mass is 10.0. The number of nitrogens with zero attached hydrogens (tertiary/aromatic N) is 6. The monoisotopic (exact) mass is 419 g/mol. The lowest BCUT2D eigenvalue weighted by Gasteiger charge is -2.13. The van der Waals surface area contributed by atoms with Crippen molar-refractivity contribution in [2.45, 2.75) is 26.7 Å². The number of benzene rings is 2. The molecule has 1 amide bonds. The lowest BCUT2D eigenvalue weighted by molar-refractivity contribution is -0.0223. The van der Waals surface area contributed by atoms with Crippen molar-refractivity contribution in [3.8, 4) is 16.8 Å². The molecular formula is C22H25N7O2. The summed E-state index contributed by atoms with van der Waals surface area (Å²) < 4.78 is 1.68. The van der Waals surface area contributed by atoms with Gasteiger partial charge in [0.1, 0.15) is 6.67 Å². The van der Waals surface area contributed by atoms with Crippen LogP contribution in [0, 0.1) is 6.92 Å². The van der Waals surface area contributed by atoms with Crippen molar-refractivity contribution in [1.29, 1.82) is 0 Å². The van der Waals surface area contributed by atoms with Crippen LogP contribution in [0.3, 0.4) is 0 Å². The third-order valence-electron chi connectivity index (χ3n) is 4.93. The topological polar surface area (TPSA) is 97.5 Å². The molecule has 4 rings (SSSR count). The molecule has 0 spiro atoms. The number of aliphatic imine (C=N–C) groups is 1. The maximum Gasteiger partial charge on any atom is 0.251 e. The van der Waals surface area contributed by atoms with Crippen LogP contribution in [0.25, 0.3) is 16.8 Å². The summed E-state index contributed by atoms with van der Waals surface area (Å²) in [6, 6.07) is 13.8. The number of carbonyl (C=O) groups is 1. The summed E-state index contributed by atoms with van der Waals surface area (Å²) in [5.41, 5.74) is 4.31. The minimum absolute atomic E-state index is 0.129. The minimum Gasteiger partial charge on any atom is -0.387 e. The van der Waals surface area contributed by atoms with Gasteiger partial charge in [-0.2, -0.15) is 4.68 Å². The molecule has 3 aromatic rings. The van der Waals surface area contributed by atoms with Gasteiger partial charge < -0.3 is 10.2 Å². The Bertz CT molecular complexity index is 1120. The van der Waals surface area contributed by atoms with E-state index >= 15 is 0 Å². The van der Waals surface area contributed by atoms with E-state index in [9.17, 15) is 4.79 Å². The van der Waals surface area contributed by atoms with Crippen LogP contribution in [-0.4, -0.2) is 57.3 Å². The summed E-state index contributed by atoms with van der Waals surface area (Å²) >= 11 is 0. The number of hydrogen-bond acceptors (Lipinski definition) is 7. The van der Waals surface area contributed by atoms with E-state index in [2.05, 4.69) is 25.8 Å². The molecule has 0 bridgehead atoms. The van der Waals surface area contributed by atoms with Crippen LogP contribution in [0.2, 0.25) is 0 Å². The van der Waals surface area contributed by atoms with Crippen molar-refractivity contribution < 1.29 is 9.63 Å². The molecule has 1 aliphatic rings. The maximum atomic E-state index is 13.0. The Kier molecular flexibility index (Phi) is 5.77. The van der Waals surface area contributed by atoms with Gasteiger partial charge in [0.15, 0.2) is 5.82 Å². The van der Waals surface area contributed by atoms with Crippen LogP contribution >= 0.6 is 0 Å². The van der Waals surface area contributed by atoms with Gasteiger partial charge in [-0.3, -0.25) is 4.79 Å². The SMILES string of the molecule is Cc1ccc(-c2cc(C(=O)NCC3=NCN(C)O3)cc(-n3nnnc3C(C)C)c2)cc1. The second kappa shape index (κ2) is 8.65. The maximum absolute atomic E-state index is 13.0. The van der Waals surface area contributed by atoms with Crippen molar-refractivity contribution in [3.63, 3.8) is 0 Å². The van der Waals surface area contributed by atoms with Crippen LogP contribution < -0.4 is 5.32 Å². The van der Waals surface area contributed by atoms with Crippen molar-refractivity contribution in [1.82, 2.24) is 30.6 Å². The molecule has 0 fully saturated rings. The zero-order valence-corrected chi connectivity index (χ0v) is 18.0. The number of aromatic nitrogens is 4. The summed E-state index contributed by atoms with van der Waals surface area (Å²) in [5.74, 6) is 1.11. The quantitative estimate of drug-likeness (QED) is 0.660. The van der Waals surface area contributed by atoms with Crippen LogP contribution in [0.1, 0.15) is 41.5 Å². The van der Waals surface area contributed by atoms with Crippen LogP contribution in [-0.2, 0) is 4.84 Å². The van der Waals surface area contributed by atoms with Gasteiger partial charge in [0, 0.05) is 18.5 Å². The number of carbonyl (C=O) groups excluding carboxylic acids is 1. The Morgan fingerprint density at radius 2 is 1.94 bits per heavy atom. The predicted octanol–water partition coefficient (Wildman–Crippen LogP) is 2.72. The van der Waals surface area contributed by atoms with Crippen molar-refractivity contribution in [2.24, 2.45) is 4.99 Å². The number of rotatable bonds is 6. The van der Waals surface area contributed by atoms with E-state index in [-0.39, 0.29) is 18.4 Å². The Morgan fingerprint density at radius 3 is 2.61 bits per heavy atom. The standard InChI is InChI=1S/C22H25N7O2/c1-14(2)21-25-26-27-29(21)19-10-17(16-7-5-15(3)6-8-16)9-18(11-19)22(30)23-12-20-24-13-28(4)31-20/h5-11,14H,12-13H2,1-4H3,(H,23,30). The number of nitrogens with one attached hydrogen (secondary N) is 1. The highest BCUT2D eigenvalue weighted by molar-refractivity contribution is 5.98. The van der Waals surface area contributed by atoms with E-state index < -0.39 is 0 Å². The van der Waals surface area contributed by atoms with Gasteiger partial charge in [0.05, 0.1) is 12.2 Å². The van der Waals surface area contributed by atoms with Gasteiger partial charge in [0.2, 0.25) is 5.90 Å². The highest BCUT2D eigenvalue weighted by Gasteiger charge is 2.18. The fourth-order valence-electron chi connectivity index (χ4n) is 3.28. The molecule has 31 heavy (non-hydrogen) atoms. The molecule has 1 aromatic heterocycles. The number of tetrazole rings is 1. The van der Waals surface area contributed by atoms with E-state index in [1.807, 2.05) is 57.2 Å². The second-order valence-electron chi connectivity index (χ2n) is 7.83. The minimum atomic E-state index is -0.227. The van der Waals surface area contributed by atoms with Crippen molar-refractivity contribution in [3.05, 3.63) is 59.4 Å². The van der Waals surface area contributed by atoms with E-state index in [4.69, 9.17) is 4.84 Å². The molecule has 0 unspecified atom stereocenters. The Balaban J connectivity index is 1.70. The third kappa shape index (κ3) is 4.61. The molecule has 0 atom stereocenters. The van der Waals surface area contributed by atoms with Crippen molar-refractivity contribution >= 4 is 11.8 Å². The number of hydrogen-bond donors (Lipinski definition) is 1. The Labute approximate surface area is 180 Å². The first-order valence-corrected chi connectivity index (χ1v) is 10.1. The third-order valence-corrected chi connectivity index (χ3v) is 4.93. The summed E-state index contributed by atoms with van der Waals surface area (Å²) in [7, 11) is 1.79. The molecule has 1 N–H and O–H groups in total. The molecule has 2 heterocycles. The first-order valence-electron chi connectivity index (χ1n) is 10.1. The molecule has 2 aromatic carbocycles. The average molecular weight is 419 g/mol. The van der Waals surface area contributed by atoms with Gasteiger partial charge >= 0.3 is 0 Å². The highest BCUT2D eigenvalue weighted by Crippen LogP contribution is 2.26. The van der Waals surface area contributed by atoms with Gasteiger partial charge in [-0.15, -0.1) is 10.2 Å². The van der Waals surface area contributed by atoms with Crippen LogP contribution in [0.15, 0.2) is 47.5 Å². The van der Waals surface area contributed by atoms with Gasteiger partial charge in [-0.05, 0) is 46.7 Å². The van der Waals surface area contributed by atoms with Gasteiger partial charge in [-0.1, -0.05) is 43.7 Å². The molecule has 0 saturated carbocycles. The second-order valence-corrected chi connectivity index (χ2v) is 7.83. The Hall–Kier alpha value is -3.59. The molecule has 1 aliphatic heterocycles. The lowest BCUT2D eigenvalue weighted by Crippen LogP contribution is -2.31. The van der Waals surface area contributed by atoms with Crippen LogP contribution in [0.5, 0.6) is 0 Å². The average Bonchev–Trinajstić information content (AvgIpc) is 3.41. The van der Waals surface area contributed by atoms with E-state index in [0.29, 0.717) is 18.1 Å². The van der Waals surface area contributed by atoms with Gasteiger partial charge in [-0.25, -0.2) is 4.99 Å². The van der Waals surface area contributed by atoms with E-state index in [1.165, 1.54) is 5.56 Å². The largest absolute Gasteiger partial charge is 0.387 e. The van der Waals surface area contributed by atoms with E-state index in [0.717, 1.165) is 22.6 Å². The van der Waals surface area contributed by atoms with Gasteiger partial charge in [0.25, 0.3) is 5.91 Å². The zero-order valence-electron chi connectivity index (χ0n) is 18.0. The molecule has 0 radical (unpaired) electrons. The smallest absolute Gasteiger partial charge is 0.251 e. The first kappa shape index (κ1) is 20.7. The van der Waals surface area contributed by atoms with Crippen molar-refractivity contribution in [2.75, 3.05) is 20.3 Å². The summed E-state index contributed by atoms with van der Waals surface area (Å²) in [5, 5.41) is 16.6. The number of aryl methyl sites for hydroxylation is 1. The summed E-state index contributed by atoms with van der Waals surface area (Å²) in [6.07, 6.45) is 0.